The summed E-state index contributed by atoms with van der Waals surface area (Å²) in [5.41, 5.74) is 1.22. The minimum Gasteiger partial charge on any atom is -0.379 e. The van der Waals surface area contributed by atoms with Crippen molar-refractivity contribution in [1.82, 2.24) is 20.1 Å². The largest absolute Gasteiger partial charge is 0.379 e. The third-order valence-corrected chi connectivity index (χ3v) is 4.50. The van der Waals surface area contributed by atoms with Gasteiger partial charge < -0.3 is 15.0 Å². The Morgan fingerprint density at radius 2 is 1.92 bits per heavy atom. The van der Waals surface area contributed by atoms with Gasteiger partial charge in [-0.3, -0.25) is 9.88 Å². The number of carbonyl (C=O) groups is 1. The van der Waals surface area contributed by atoms with Crippen LogP contribution in [0.25, 0.3) is 0 Å². The van der Waals surface area contributed by atoms with Crippen LogP contribution in [-0.2, 0) is 4.74 Å². The molecule has 2 heterocycles. The number of carbonyl (C=O) groups excluding carboxylic acids is 1. The number of nitrogens with one attached hydrogen (secondary N) is 1. The van der Waals surface area contributed by atoms with Gasteiger partial charge in [0, 0.05) is 51.2 Å². The van der Waals surface area contributed by atoms with Crippen LogP contribution < -0.4 is 5.32 Å². The molecule has 0 aliphatic carbocycles. The van der Waals surface area contributed by atoms with E-state index < -0.39 is 0 Å². The van der Waals surface area contributed by atoms with Crippen LogP contribution in [0.2, 0.25) is 0 Å². The molecule has 140 valence electrons. The summed E-state index contributed by atoms with van der Waals surface area (Å²) in [6, 6.07) is 4.43. The average molecular weight is 348 g/mol. The van der Waals surface area contributed by atoms with Gasteiger partial charge in [-0.1, -0.05) is 19.9 Å². The maximum absolute atomic E-state index is 12.4. The van der Waals surface area contributed by atoms with Crippen LogP contribution in [0.5, 0.6) is 0 Å². The number of urea groups is 1. The maximum Gasteiger partial charge on any atom is 0.317 e. The van der Waals surface area contributed by atoms with Crippen molar-refractivity contribution in [1.29, 1.82) is 0 Å². The van der Waals surface area contributed by atoms with E-state index in [-0.39, 0.29) is 12.1 Å². The van der Waals surface area contributed by atoms with E-state index in [1.54, 1.807) is 6.20 Å². The first-order valence-corrected chi connectivity index (χ1v) is 9.24. The first kappa shape index (κ1) is 19.7. The summed E-state index contributed by atoms with van der Waals surface area (Å²) in [6.45, 7) is 13.0. The third kappa shape index (κ3) is 6.29. The van der Waals surface area contributed by atoms with Gasteiger partial charge in [0.2, 0.25) is 0 Å². The molecule has 0 aromatic carbocycles. The number of ether oxygens (including phenoxy) is 1. The molecule has 2 amide bonds. The molecular formula is C19H32N4O2. The average Bonchev–Trinajstić information content (AvgIpc) is 2.61. The molecule has 6 nitrogen and oxygen atoms in total. The van der Waals surface area contributed by atoms with Gasteiger partial charge in [-0.05, 0) is 31.4 Å². The summed E-state index contributed by atoms with van der Waals surface area (Å²) in [7, 11) is 0. The Morgan fingerprint density at radius 3 is 2.52 bits per heavy atom. The van der Waals surface area contributed by atoms with E-state index in [2.05, 4.69) is 42.0 Å². The Kier molecular flexibility index (Phi) is 7.65. The van der Waals surface area contributed by atoms with Crippen LogP contribution >= 0.6 is 0 Å². The molecular weight excluding hydrogens is 316 g/mol. The Hall–Kier alpha value is -1.66. The second kappa shape index (κ2) is 9.73. The summed E-state index contributed by atoms with van der Waals surface area (Å²) in [5, 5.41) is 3.03. The quantitative estimate of drug-likeness (QED) is 0.823. The molecule has 0 saturated carbocycles. The van der Waals surface area contributed by atoms with E-state index in [0.29, 0.717) is 18.6 Å². The molecule has 1 saturated heterocycles. The summed E-state index contributed by atoms with van der Waals surface area (Å²) in [4.78, 5) is 20.9. The zero-order chi connectivity index (χ0) is 18.2. The van der Waals surface area contributed by atoms with E-state index in [1.165, 1.54) is 5.56 Å². The van der Waals surface area contributed by atoms with E-state index in [9.17, 15) is 4.79 Å². The highest BCUT2D eigenvalue weighted by molar-refractivity contribution is 5.74. The van der Waals surface area contributed by atoms with Crippen LogP contribution in [0, 0.1) is 5.92 Å². The van der Waals surface area contributed by atoms with Crippen LogP contribution in [0.15, 0.2) is 24.5 Å². The molecule has 0 bridgehead atoms. The van der Waals surface area contributed by atoms with Crippen LogP contribution in [0.3, 0.4) is 0 Å². The molecule has 1 aromatic rings. The van der Waals surface area contributed by atoms with Gasteiger partial charge >= 0.3 is 6.03 Å². The first-order chi connectivity index (χ1) is 12.0. The second-order valence-corrected chi connectivity index (χ2v) is 7.27. The summed E-state index contributed by atoms with van der Waals surface area (Å²) < 4.78 is 5.60. The van der Waals surface area contributed by atoms with Gasteiger partial charge in [-0.25, -0.2) is 4.79 Å². The lowest BCUT2D eigenvalue weighted by molar-refractivity contribution is 0.0873. The standard InChI is InChI=1S/C19H32N4O2/c1-15(2)13-25-14-16(3)21-19(24)23-10-8-22(9-11-23)17(4)18-6-5-7-20-12-18/h5-7,12,15-17H,8-11,13-14H2,1-4H3,(H,21,24)/t16-,17+/m0/s1. The van der Waals surface area contributed by atoms with E-state index in [1.807, 2.05) is 24.1 Å². The highest BCUT2D eigenvalue weighted by atomic mass is 16.5. The number of aromatic nitrogens is 1. The second-order valence-electron chi connectivity index (χ2n) is 7.27. The highest BCUT2D eigenvalue weighted by Gasteiger charge is 2.25. The van der Waals surface area contributed by atoms with E-state index in [4.69, 9.17) is 4.74 Å². The van der Waals surface area contributed by atoms with Crippen molar-refractivity contribution in [3.8, 4) is 0 Å². The Labute approximate surface area is 151 Å². The molecule has 1 aromatic heterocycles. The van der Waals surface area contributed by atoms with Gasteiger partial charge in [0.05, 0.1) is 12.6 Å². The lowest BCUT2D eigenvalue weighted by atomic mass is 10.1. The molecule has 1 aliphatic rings. The predicted molar refractivity (Wildman–Crippen MR) is 99.4 cm³/mol. The SMILES string of the molecule is CC(C)COC[C@H](C)NC(=O)N1CCN([C@H](C)c2cccnc2)CC1. The van der Waals surface area contributed by atoms with Crippen LogP contribution in [0.1, 0.15) is 39.3 Å². The summed E-state index contributed by atoms with van der Waals surface area (Å²) >= 11 is 0. The fourth-order valence-corrected chi connectivity index (χ4v) is 2.97. The molecule has 1 fully saturated rings. The Balaban J connectivity index is 1.73. The van der Waals surface area contributed by atoms with Gasteiger partial charge in [0.1, 0.15) is 0 Å². The van der Waals surface area contributed by atoms with Crippen molar-refractivity contribution in [2.75, 3.05) is 39.4 Å². The molecule has 25 heavy (non-hydrogen) atoms. The van der Waals surface area contributed by atoms with Crippen LogP contribution in [0.4, 0.5) is 4.79 Å². The van der Waals surface area contributed by atoms with Crippen LogP contribution in [-0.4, -0.2) is 66.2 Å². The molecule has 2 rings (SSSR count). The number of rotatable bonds is 7. The van der Waals surface area contributed by atoms with E-state index in [0.717, 1.165) is 32.8 Å². The maximum atomic E-state index is 12.4. The first-order valence-electron chi connectivity index (χ1n) is 9.24. The highest BCUT2D eigenvalue weighted by Crippen LogP contribution is 2.20. The van der Waals surface area contributed by atoms with Crippen molar-refractivity contribution in [2.45, 2.75) is 39.8 Å². The van der Waals surface area contributed by atoms with Gasteiger partial charge in [-0.2, -0.15) is 0 Å². The molecule has 1 N–H and O–H groups in total. The normalized spacial score (nSPS) is 18.2. The summed E-state index contributed by atoms with van der Waals surface area (Å²) in [6.07, 6.45) is 3.72. The Morgan fingerprint density at radius 1 is 1.20 bits per heavy atom. The molecule has 0 unspecified atom stereocenters. The van der Waals surface area contributed by atoms with Crippen molar-refractivity contribution in [3.63, 3.8) is 0 Å². The number of piperazine rings is 1. The number of nitrogens with zero attached hydrogens (tertiary/aromatic N) is 3. The number of pyridine rings is 1. The predicted octanol–water partition coefficient (Wildman–Crippen LogP) is 2.53. The van der Waals surface area contributed by atoms with Crippen molar-refractivity contribution >= 4 is 6.03 Å². The number of hydrogen-bond donors (Lipinski definition) is 1. The molecule has 2 atom stereocenters. The summed E-state index contributed by atoms with van der Waals surface area (Å²) in [5.74, 6) is 0.512. The minimum atomic E-state index is 0.00864. The van der Waals surface area contributed by atoms with Gasteiger partial charge in [0.25, 0.3) is 0 Å². The smallest absolute Gasteiger partial charge is 0.317 e. The van der Waals surface area contributed by atoms with Crippen molar-refractivity contribution in [3.05, 3.63) is 30.1 Å². The molecule has 0 radical (unpaired) electrons. The third-order valence-electron chi connectivity index (χ3n) is 4.50. The lowest BCUT2D eigenvalue weighted by Crippen LogP contribution is -2.53. The molecule has 0 spiro atoms. The van der Waals surface area contributed by atoms with Gasteiger partial charge in [0.15, 0.2) is 0 Å². The molecule has 1 aliphatic heterocycles. The van der Waals surface area contributed by atoms with Crippen molar-refractivity contribution in [2.24, 2.45) is 5.92 Å². The van der Waals surface area contributed by atoms with Crippen molar-refractivity contribution < 1.29 is 9.53 Å². The lowest BCUT2D eigenvalue weighted by Gasteiger charge is -2.38. The fourth-order valence-electron chi connectivity index (χ4n) is 2.97. The van der Waals surface area contributed by atoms with Gasteiger partial charge in [-0.15, -0.1) is 0 Å². The zero-order valence-electron chi connectivity index (χ0n) is 15.9. The molecule has 6 heteroatoms. The fraction of sp³-hybridized carbons (Fsp3) is 0.684. The Bertz CT molecular complexity index is 515. The topological polar surface area (TPSA) is 57.7 Å². The van der Waals surface area contributed by atoms with E-state index >= 15 is 0 Å². The zero-order valence-corrected chi connectivity index (χ0v) is 15.9. The minimum absolute atomic E-state index is 0.00864. The monoisotopic (exact) mass is 348 g/mol. The number of amides is 2. The number of hydrogen-bond acceptors (Lipinski definition) is 4.